The van der Waals surface area contributed by atoms with Gasteiger partial charge >= 0.3 is 5.97 Å². The molecule has 1 heterocycles. The quantitative estimate of drug-likeness (QED) is 0.788. The van der Waals surface area contributed by atoms with Gasteiger partial charge in [-0.2, -0.15) is 0 Å². The molecule has 0 bridgehead atoms. The van der Waals surface area contributed by atoms with Crippen molar-refractivity contribution in [2.24, 2.45) is 0 Å². The van der Waals surface area contributed by atoms with Gasteiger partial charge in [0.1, 0.15) is 0 Å². The molecule has 0 radical (unpaired) electrons. The summed E-state index contributed by atoms with van der Waals surface area (Å²) in [5, 5.41) is 17.6. The van der Waals surface area contributed by atoms with E-state index in [1.54, 1.807) is 24.3 Å². The smallest absolute Gasteiger partial charge is 0.335 e. The van der Waals surface area contributed by atoms with Gasteiger partial charge in [-0.25, -0.2) is 4.79 Å². The Morgan fingerprint density at radius 3 is 2.64 bits per heavy atom. The van der Waals surface area contributed by atoms with Crippen LogP contribution in [0, 0.1) is 6.92 Å². The van der Waals surface area contributed by atoms with Crippen LogP contribution in [0.5, 0.6) is 0 Å². The molecular formula is C16H11ClN2O3. The van der Waals surface area contributed by atoms with Crippen LogP contribution in [0.3, 0.4) is 0 Å². The molecule has 110 valence electrons. The summed E-state index contributed by atoms with van der Waals surface area (Å²) in [6.45, 7) is 1.87. The molecule has 0 fully saturated rings. The van der Waals surface area contributed by atoms with Gasteiger partial charge in [0.2, 0.25) is 11.8 Å². The third kappa shape index (κ3) is 2.58. The molecule has 0 saturated heterocycles. The molecule has 5 nitrogen and oxygen atoms in total. The molecule has 0 spiro atoms. The van der Waals surface area contributed by atoms with Crippen LogP contribution >= 0.6 is 11.6 Å². The van der Waals surface area contributed by atoms with Gasteiger partial charge in [0.25, 0.3) is 0 Å². The molecule has 0 saturated carbocycles. The maximum Gasteiger partial charge on any atom is 0.335 e. The Hall–Kier alpha value is -2.66. The van der Waals surface area contributed by atoms with E-state index in [2.05, 4.69) is 10.2 Å². The van der Waals surface area contributed by atoms with E-state index in [0.29, 0.717) is 16.5 Å². The molecular weight excluding hydrogens is 304 g/mol. The minimum Gasteiger partial charge on any atom is -0.478 e. The fraction of sp³-hybridized carbons (Fsp3) is 0.0625. The van der Waals surface area contributed by atoms with Crippen molar-refractivity contribution in [3.63, 3.8) is 0 Å². The van der Waals surface area contributed by atoms with E-state index in [9.17, 15) is 4.79 Å². The highest BCUT2D eigenvalue weighted by Crippen LogP contribution is 2.29. The zero-order valence-corrected chi connectivity index (χ0v) is 12.3. The van der Waals surface area contributed by atoms with Gasteiger partial charge in [0.15, 0.2) is 0 Å². The zero-order chi connectivity index (χ0) is 15.7. The second-order valence-corrected chi connectivity index (χ2v) is 5.12. The van der Waals surface area contributed by atoms with Crippen LogP contribution in [0.4, 0.5) is 0 Å². The highest BCUT2D eigenvalue weighted by atomic mass is 35.5. The lowest BCUT2D eigenvalue weighted by Gasteiger charge is -2.02. The van der Waals surface area contributed by atoms with Crippen molar-refractivity contribution in [2.75, 3.05) is 0 Å². The molecule has 0 aliphatic carbocycles. The molecule has 0 atom stereocenters. The second kappa shape index (κ2) is 5.61. The largest absolute Gasteiger partial charge is 0.478 e. The van der Waals surface area contributed by atoms with Gasteiger partial charge in [0, 0.05) is 16.1 Å². The molecule has 3 aromatic rings. The Kier molecular flexibility index (Phi) is 3.65. The standard InChI is InChI=1S/C16H11ClN2O3/c1-9-12(6-3-7-13(9)17)15-19-18-14(22-15)10-4-2-5-11(8-10)16(20)21/h2-8H,1H3,(H,20,21). The first-order valence-electron chi connectivity index (χ1n) is 6.49. The first kappa shape index (κ1) is 14.3. The monoisotopic (exact) mass is 314 g/mol. The van der Waals surface area contributed by atoms with Crippen molar-refractivity contribution >= 4 is 17.6 Å². The molecule has 3 rings (SSSR count). The van der Waals surface area contributed by atoms with Gasteiger partial charge < -0.3 is 9.52 Å². The van der Waals surface area contributed by atoms with E-state index in [4.69, 9.17) is 21.1 Å². The van der Waals surface area contributed by atoms with Crippen molar-refractivity contribution in [2.45, 2.75) is 6.92 Å². The lowest BCUT2D eigenvalue weighted by Crippen LogP contribution is -1.95. The Morgan fingerprint density at radius 1 is 1.14 bits per heavy atom. The average molecular weight is 315 g/mol. The van der Waals surface area contributed by atoms with Crippen LogP contribution in [0.15, 0.2) is 46.9 Å². The molecule has 1 N–H and O–H groups in total. The van der Waals surface area contributed by atoms with E-state index in [0.717, 1.165) is 11.1 Å². The highest BCUT2D eigenvalue weighted by molar-refractivity contribution is 6.31. The summed E-state index contributed by atoms with van der Waals surface area (Å²) < 4.78 is 5.65. The predicted octanol–water partition coefficient (Wildman–Crippen LogP) is 4.06. The predicted molar refractivity (Wildman–Crippen MR) is 81.9 cm³/mol. The van der Waals surface area contributed by atoms with Gasteiger partial charge in [-0.3, -0.25) is 0 Å². The van der Waals surface area contributed by atoms with Crippen LogP contribution in [0.25, 0.3) is 22.9 Å². The fourth-order valence-electron chi connectivity index (χ4n) is 2.07. The Morgan fingerprint density at radius 2 is 1.86 bits per heavy atom. The Balaban J connectivity index is 2.02. The molecule has 6 heteroatoms. The Labute approximate surface area is 131 Å². The highest BCUT2D eigenvalue weighted by Gasteiger charge is 2.14. The summed E-state index contributed by atoms with van der Waals surface area (Å²) in [5.74, 6) is -0.402. The molecule has 2 aromatic carbocycles. The van der Waals surface area contributed by atoms with Crippen molar-refractivity contribution < 1.29 is 14.3 Å². The number of carbonyl (C=O) groups is 1. The number of rotatable bonds is 3. The minimum atomic E-state index is -1.01. The summed E-state index contributed by atoms with van der Waals surface area (Å²) in [7, 11) is 0. The van der Waals surface area contributed by atoms with E-state index < -0.39 is 5.97 Å². The second-order valence-electron chi connectivity index (χ2n) is 4.71. The number of aromatic nitrogens is 2. The normalized spacial score (nSPS) is 10.6. The Bertz CT molecular complexity index is 858. The summed E-state index contributed by atoms with van der Waals surface area (Å²) in [4.78, 5) is 11.0. The number of carboxylic acids is 1. The summed E-state index contributed by atoms with van der Waals surface area (Å²) in [6, 6.07) is 11.8. The SMILES string of the molecule is Cc1c(Cl)cccc1-c1nnc(-c2cccc(C(=O)O)c2)o1. The average Bonchev–Trinajstić information content (AvgIpc) is 3.00. The number of halogens is 1. The van der Waals surface area contributed by atoms with E-state index in [-0.39, 0.29) is 11.5 Å². The number of aromatic carboxylic acids is 1. The van der Waals surface area contributed by atoms with E-state index in [1.807, 2.05) is 13.0 Å². The van der Waals surface area contributed by atoms with Crippen molar-refractivity contribution in [1.82, 2.24) is 10.2 Å². The lowest BCUT2D eigenvalue weighted by atomic mass is 10.1. The van der Waals surface area contributed by atoms with Crippen molar-refractivity contribution in [3.05, 3.63) is 58.6 Å². The summed E-state index contributed by atoms with van der Waals surface area (Å²) >= 11 is 6.09. The molecule has 1 aromatic heterocycles. The summed E-state index contributed by atoms with van der Waals surface area (Å²) in [5.41, 5.74) is 2.31. The van der Waals surface area contributed by atoms with Crippen molar-refractivity contribution in [1.29, 1.82) is 0 Å². The number of benzene rings is 2. The van der Waals surface area contributed by atoms with Gasteiger partial charge in [-0.05, 0) is 42.8 Å². The van der Waals surface area contributed by atoms with E-state index in [1.165, 1.54) is 12.1 Å². The first-order chi connectivity index (χ1) is 10.6. The molecule has 22 heavy (non-hydrogen) atoms. The first-order valence-corrected chi connectivity index (χ1v) is 6.87. The molecule has 0 amide bonds. The fourth-order valence-corrected chi connectivity index (χ4v) is 2.25. The maximum atomic E-state index is 11.0. The number of hydrogen-bond donors (Lipinski definition) is 1. The van der Waals surface area contributed by atoms with Gasteiger partial charge in [-0.1, -0.05) is 23.7 Å². The van der Waals surface area contributed by atoms with Crippen molar-refractivity contribution in [3.8, 4) is 22.9 Å². The third-order valence-corrected chi connectivity index (χ3v) is 3.69. The van der Waals surface area contributed by atoms with Crippen LogP contribution in [-0.4, -0.2) is 21.3 Å². The summed E-state index contributed by atoms with van der Waals surface area (Å²) in [6.07, 6.45) is 0. The topological polar surface area (TPSA) is 76.2 Å². The van der Waals surface area contributed by atoms with Gasteiger partial charge in [-0.15, -0.1) is 10.2 Å². The molecule has 0 aliphatic heterocycles. The third-order valence-electron chi connectivity index (χ3n) is 3.28. The number of carboxylic acid groups (broad SMARTS) is 1. The van der Waals surface area contributed by atoms with Gasteiger partial charge in [0.05, 0.1) is 5.56 Å². The maximum absolute atomic E-state index is 11.0. The minimum absolute atomic E-state index is 0.163. The van der Waals surface area contributed by atoms with Crippen LogP contribution in [0.1, 0.15) is 15.9 Å². The number of hydrogen-bond acceptors (Lipinski definition) is 4. The zero-order valence-electron chi connectivity index (χ0n) is 11.6. The molecule has 0 unspecified atom stereocenters. The van der Waals surface area contributed by atoms with E-state index >= 15 is 0 Å². The number of nitrogens with zero attached hydrogens (tertiary/aromatic N) is 2. The van der Waals surface area contributed by atoms with Crippen LogP contribution < -0.4 is 0 Å². The van der Waals surface area contributed by atoms with Crippen LogP contribution in [0.2, 0.25) is 5.02 Å². The molecule has 0 aliphatic rings. The lowest BCUT2D eigenvalue weighted by molar-refractivity contribution is 0.0697. The van der Waals surface area contributed by atoms with Crippen LogP contribution in [-0.2, 0) is 0 Å².